The summed E-state index contributed by atoms with van der Waals surface area (Å²) < 4.78 is 12.6. The number of likely N-dealkylation sites (tertiary alicyclic amines) is 1. The van der Waals surface area contributed by atoms with Gasteiger partial charge in [0.15, 0.2) is 0 Å². The standard InChI is InChI=1S/C25H27N3O3/c1-3-26-24(29)28-13-10-25(11-14-28)30-16-20-15-19(7-9-22(20)31-25)21-8-6-18-5-4-12-27-23(18)17(21)2/h4-9,12,15H,3,10-11,13-14,16H2,1-2H3,(H,26,29). The molecule has 1 aromatic heterocycles. The van der Waals surface area contributed by atoms with E-state index in [0.29, 0.717) is 39.1 Å². The monoisotopic (exact) mass is 417 g/mol. The van der Waals surface area contributed by atoms with Crippen molar-refractivity contribution in [2.24, 2.45) is 0 Å². The minimum atomic E-state index is -0.639. The van der Waals surface area contributed by atoms with E-state index in [4.69, 9.17) is 9.47 Å². The van der Waals surface area contributed by atoms with Crippen LogP contribution in [0.1, 0.15) is 30.9 Å². The van der Waals surface area contributed by atoms with Crippen LogP contribution < -0.4 is 10.1 Å². The van der Waals surface area contributed by atoms with Crippen LogP contribution in [-0.4, -0.2) is 41.3 Å². The maximum absolute atomic E-state index is 12.1. The first-order chi connectivity index (χ1) is 15.1. The van der Waals surface area contributed by atoms with Gasteiger partial charge in [-0.25, -0.2) is 4.79 Å². The molecule has 0 radical (unpaired) electrons. The smallest absolute Gasteiger partial charge is 0.317 e. The number of aromatic nitrogens is 1. The number of nitrogens with zero attached hydrogens (tertiary/aromatic N) is 2. The summed E-state index contributed by atoms with van der Waals surface area (Å²) >= 11 is 0. The van der Waals surface area contributed by atoms with Gasteiger partial charge in [-0.05, 0) is 48.7 Å². The molecule has 1 spiro atoms. The van der Waals surface area contributed by atoms with Crippen LogP contribution in [0, 0.1) is 6.92 Å². The molecule has 0 unspecified atom stereocenters. The number of benzene rings is 2. The number of aryl methyl sites for hydroxylation is 1. The van der Waals surface area contributed by atoms with Crippen molar-refractivity contribution in [1.82, 2.24) is 15.2 Å². The Kier molecular flexibility index (Phi) is 5.02. The van der Waals surface area contributed by atoms with Crippen LogP contribution in [0.2, 0.25) is 0 Å². The Morgan fingerprint density at radius 1 is 1.19 bits per heavy atom. The second kappa shape index (κ2) is 7.85. The van der Waals surface area contributed by atoms with Crippen molar-refractivity contribution in [3.05, 3.63) is 59.8 Å². The van der Waals surface area contributed by atoms with Gasteiger partial charge >= 0.3 is 6.03 Å². The summed E-state index contributed by atoms with van der Waals surface area (Å²) in [5.74, 6) is 0.235. The van der Waals surface area contributed by atoms with E-state index in [1.54, 1.807) is 0 Å². The number of rotatable bonds is 2. The van der Waals surface area contributed by atoms with Crippen LogP contribution in [0.5, 0.6) is 5.75 Å². The van der Waals surface area contributed by atoms with Crippen LogP contribution in [0.3, 0.4) is 0 Å². The number of ether oxygens (including phenoxy) is 2. The van der Waals surface area contributed by atoms with Crippen LogP contribution in [0.15, 0.2) is 48.7 Å². The van der Waals surface area contributed by atoms with Gasteiger partial charge in [-0.3, -0.25) is 4.98 Å². The number of hydrogen-bond acceptors (Lipinski definition) is 4. The number of nitrogens with one attached hydrogen (secondary N) is 1. The van der Waals surface area contributed by atoms with Crippen molar-refractivity contribution in [3.8, 4) is 16.9 Å². The van der Waals surface area contributed by atoms with E-state index in [-0.39, 0.29) is 6.03 Å². The van der Waals surface area contributed by atoms with Crippen LogP contribution in [0.4, 0.5) is 4.79 Å². The highest BCUT2D eigenvalue weighted by molar-refractivity contribution is 5.88. The van der Waals surface area contributed by atoms with Crippen molar-refractivity contribution in [2.45, 2.75) is 39.1 Å². The lowest BCUT2D eigenvalue weighted by molar-refractivity contribution is -0.225. The molecule has 0 aliphatic carbocycles. The molecule has 2 aromatic carbocycles. The first-order valence-corrected chi connectivity index (χ1v) is 10.9. The van der Waals surface area contributed by atoms with Crippen LogP contribution in [-0.2, 0) is 11.3 Å². The fraction of sp³-hybridized carbons (Fsp3) is 0.360. The summed E-state index contributed by atoms with van der Waals surface area (Å²) in [6.45, 7) is 6.45. The summed E-state index contributed by atoms with van der Waals surface area (Å²) in [6.07, 6.45) is 3.17. The Morgan fingerprint density at radius 2 is 2.03 bits per heavy atom. The van der Waals surface area contributed by atoms with Crippen LogP contribution >= 0.6 is 0 Å². The largest absolute Gasteiger partial charge is 0.462 e. The molecule has 31 heavy (non-hydrogen) atoms. The molecule has 1 N–H and O–H groups in total. The SMILES string of the molecule is CCNC(=O)N1CCC2(CC1)OCc1cc(-c3ccc4cccnc4c3C)ccc1O2. The zero-order valence-corrected chi connectivity index (χ0v) is 18.0. The number of piperidine rings is 1. The summed E-state index contributed by atoms with van der Waals surface area (Å²) in [5.41, 5.74) is 5.56. The molecule has 2 aliphatic rings. The Balaban J connectivity index is 1.36. The van der Waals surface area contributed by atoms with E-state index in [1.807, 2.05) is 30.2 Å². The van der Waals surface area contributed by atoms with E-state index in [2.05, 4.69) is 47.6 Å². The van der Waals surface area contributed by atoms with E-state index < -0.39 is 5.79 Å². The topological polar surface area (TPSA) is 63.7 Å². The first kappa shape index (κ1) is 19.8. The molecule has 1 fully saturated rings. The Morgan fingerprint density at radius 3 is 2.84 bits per heavy atom. The predicted molar refractivity (Wildman–Crippen MR) is 120 cm³/mol. The lowest BCUT2D eigenvalue weighted by Crippen LogP contribution is -2.54. The highest BCUT2D eigenvalue weighted by atomic mass is 16.7. The minimum Gasteiger partial charge on any atom is -0.462 e. The van der Waals surface area contributed by atoms with Gasteiger partial charge in [-0.1, -0.05) is 24.3 Å². The van der Waals surface area contributed by atoms with Gasteiger partial charge < -0.3 is 19.7 Å². The summed E-state index contributed by atoms with van der Waals surface area (Å²) in [7, 11) is 0. The highest BCUT2D eigenvalue weighted by Gasteiger charge is 2.41. The number of carbonyl (C=O) groups is 1. The normalized spacial score (nSPS) is 17.3. The quantitative estimate of drug-likeness (QED) is 0.660. The molecule has 0 bridgehead atoms. The van der Waals surface area contributed by atoms with E-state index in [0.717, 1.165) is 27.8 Å². The number of amides is 2. The number of carbonyl (C=O) groups excluding carboxylic acids is 1. The molecule has 2 aliphatic heterocycles. The van der Waals surface area contributed by atoms with Crippen molar-refractivity contribution < 1.29 is 14.3 Å². The van der Waals surface area contributed by atoms with Crippen molar-refractivity contribution >= 4 is 16.9 Å². The lowest BCUT2D eigenvalue weighted by Gasteiger charge is -2.44. The zero-order valence-electron chi connectivity index (χ0n) is 18.0. The van der Waals surface area contributed by atoms with Gasteiger partial charge in [0.2, 0.25) is 5.79 Å². The molecule has 6 heteroatoms. The van der Waals surface area contributed by atoms with Gasteiger partial charge in [-0.2, -0.15) is 0 Å². The number of pyridine rings is 1. The molecule has 3 aromatic rings. The molecule has 3 heterocycles. The van der Waals surface area contributed by atoms with Crippen LogP contribution in [0.25, 0.3) is 22.0 Å². The average molecular weight is 418 g/mol. The fourth-order valence-electron chi connectivity index (χ4n) is 4.56. The molecular formula is C25H27N3O3. The highest BCUT2D eigenvalue weighted by Crippen LogP contribution is 2.40. The van der Waals surface area contributed by atoms with Crippen molar-refractivity contribution in [2.75, 3.05) is 19.6 Å². The molecule has 160 valence electrons. The summed E-state index contributed by atoms with van der Waals surface area (Å²) in [4.78, 5) is 18.5. The minimum absolute atomic E-state index is 0.0153. The molecular weight excluding hydrogens is 390 g/mol. The fourth-order valence-corrected chi connectivity index (χ4v) is 4.56. The van der Waals surface area contributed by atoms with Gasteiger partial charge in [0.25, 0.3) is 0 Å². The number of fused-ring (bicyclic) bond motifs is 2. The van der Waals surface area contributed by atoms with Gasteiger partial charge in [-0.15, -0.1) is 0 Å². The molecule has 0 saturated carbocycles. The van der Waals surface area contributed by atoms with Gasteiger partial charge in [0, 0.05) is 49.6 Å². The predicted octanol–water partition coefficient (Wildman–Crippen LogP) is 4.64. The maximum atomic E-state index is 12.1. The Labute approximate surface area is 182 Å². The molecule has 2 amide bonds. The number of hydrogen-bond donors (Lipinski definition) is 1. The number of urea groups is 1. The zero-order chi connectivity index (χ0) is 21.4. The molecule has 5 rings (SSSR count). The van der Waals surface area contributed by atoms with E-state index >= 15 is 0 Å². The second-order valence-corrected chi connectivity index (χ2v) is 8.26. The van der Waals surface area contributed by atoms with Crippen molar-refractivity contribution in [3.63, 3.8) is 0 Å². The second-order valence-electron chi connectivity index (χ2n) is 8.26. The van der Waals surface area contributed by atoms with E-state index in [1.165, 1.54) is 11.1 Å². The van der Waals surface area contributed by atoms with Crippen molar-refractivity contribution in [1.29, 1.82) is 0 Å². The first-order valence-electron chi connectivity index (χ1n) is 10.9. The third-order valence-corrected chi connectivity index (χ3v) is 6.33. The van der Waals surface area contributed by atoms with Gasteiger partial charge in [0.1, 0.15) is 5.75 Å². The summed E-state index contributed by atoms with van der Waals surface area (Å²) in [6, 6.07) is 14.6. The molecule has 0 atom stereocenters. The Bertz CT molecular complexity index is 1140. The molecule has 1 saturated heterocycles. The third kappa shape index (κ3) is 3.61. The maximum Gasteiger partial charge on any atom is 0.317 e. The third-order valence-electron chi connectivity index (χ3n) is 6.33. The molecule has 6 nitrogen and oxygen atoms in total. The lowest BCUT2D eigenvalue weighted by atomic mass is 9.95. The van der Waals surface area contributed by atoms with Gasteiger partial charge in [0.05, 0.1) is 12.1 Å². The average Bonchev–Trinajstić information content (AvgIpc) is 2.80. The summed E-state index contributed by atoms with van der Waals surface area (Å²) in [5, 5.41) is 4.01. The Hall–Kier alpha value is -3.12. The van der Waals surface area contributed by atoms with E-state index in [9.17, 15) is 4.79 Å².